The lowest BCUT2D eigenvalue weighted by molar-refractivity contribution is 1.33. The molecule has 0 saturated heterocycles. The lowest BCUT2D eigenvalue weighted by atomic mass is 10.0. The summed E-state index contributed by atoms with van der Waals surface area (Å²) in [6.45, 7) is 0. The van der Waals surface area contributed by atoms with Gasteiger partial charge in [-0.25, -0.2) is 0 Å². The molecule has 3 aromatic carbocycles. The van der Waals surface area contributed by atoms with Gasteiger partial charge in [0, 0.05) is 11.1 Å². The Hall–Kier alpha value is -3.36. The Morgan fingerprint density at radius 2 is 0.864 bits per heavy atom. The van der Waals surface area contributed by atoms with Gasteiger partial charge in [0.15, 0.2) is 0 Å². The Bertz CT molecular complexity index is 913. The number of hydrogen-bond acceptors (Lipinski definition) is 2. The summed E-state index contributed by atoms with van der Waals surface area (Å²) in [6.07, 6.45) is 0. The molecule has 3 aromatic rings. The molecule has 0 aliphatic heterocycles. The van der Waals surface area contributed by atoms with Crippen molar-refractivity contribution < 1.29 is 0 Å². The summed E-state index contributed by atoms with van der Waals surface area (Å²) in [5.74, 6) is 11.3. The van der Waals surface area contributed by atoms with E-state index in [1.165, 1.54) is 0 Å². The molecule has 0 amide bonds. The zero-order valence-electron chi connectivity index (χ0n) is 11.6. The highest BCUT2D eigenvalue weighted by atomic mass is 16.2. The topological polar surface area (TPSA) is 34.1 Å². The highest BCUT2D eigenvalue weighted by Crippen LogP contribution is 2.01. The van der Waals surface area contributed by atoms with Crippen LogP contribution in [0.1, 0.15) is 22.3 Å². The molecule has 2 heteroatoms. The average Bonchev–Trinajstić information content (AvgIpc) is 2.58. The third-order valence-electron chi connectivity index (χ3n) is 3.12. The minimum atomic E-state index is -0.555. The number of hydrogen-bond donors (Lipinski definition) is 0. The Morgan fingerprint density at radius 3 is 1.23 bits per heavy atom. The molecule has 0 unspecified atom stereocenters. The van der Waals surface area contributed by atoms with Crippen molar-refractivity contribution in [3.05, 3.63) is 103 Å². The highest BCUT2D eigenvalue weighted by Gasteiger charge is 2.17. The van der Waals surface area contributed by atoms with Crippen LogP contribution in [0.3, 0.4) is 0 Å². The fraction of sp³-hybridized carbons (Fsp3) is 0. The standard InChI is InChI=1S/C20H10O2/c21-19-17(13-11-15-7-3-1-4-8-15)18(20(19)22)14-12-16-9-5-2-6-10-16/h1-10H. The van der Waals surface area contributed by atoms with Gasteiger partial charge in [-0.1, -0.05) is 60.1 Å². The molecule has 0 radical (unpaired) electrons. The first-order valence-corrected chi connectivity index (χ1v) is 6.73. The van der Waals surface area contributed by atoms with Crippen LogP contribution in [0.5, 0.6) is 0 Å². The van der Waals surface area contributed by atoms with Crippen molar-refractivity contribution in [2.45, 2.75) is 0 Å². The zero-order chi connectivity index (χ0) is 15.4. The maximum atomic E-state index is 11.6. The second-order valence-corrected chi connectivity index (χ2v) is 4.64. The fourth-order valence-electron chi connectivity index (χ4n) is 1.94. The second kappa shape index (κ2) is 5.95. The quantitative estimate of drug-likeness (QED) is 0.467. The zero-order valence-corrected chi connectivity index (χ0v) is 11.6. The molecular formula is C20H10O2. The molecule has 0 aliphatic carbocycles. The van der Waals surface area contributed by atoms with Crippen LogP contribution >= 0.6 is 0 Å². The van der Waals surface area contributed by atoms with Gasteiger partial charge in [0.25, 0.3) is 0 Å². The number of rotatable bonds is 0. The van der Waals surface area contributed by atoms with Gasteiger partial charge in [-0.2, -0.15) is 0 Å². The molecule has 0 atom stereocenters. The molecular weight excluding hydrogens is 272 g/mol. The Morgan fingerprint density at radius 1 is 0.500 bits per heavy atom. The van der Waals surface area contributed by atoms with Gasteiger partial charge in [0.05, 0.1) is 11.1 Å². The third-order valence-corrected chi connectivity index (χ3v) is 3.12. The van der Waals surface area contributed by atoms with Gasteiger partial charge in [-0.05, 0) is 24.3 Å². The molecule has 0 aromatic heterocycles. The van der Waals surface area contributed by atoms with Crippen molar-refractivity contribution in [1.29, 1.82) is 0 Å². The Kier molecular flexibility index (Phi) is 3.69. The maximum Gasteiger partial charge on any atom is 0.244 e. The maximum absolute atomic E-state index is 11.6. The van der Waals surface area contributed by atoms with Crippen LogP contribution in [0.2, 0.25) is 0 Å². The van der Waals surface area contributed by atoms with Crippen LogP contribution in [0.25, 0.3) is 0 Å². The van der Waals surface area contributed by atoms with Crippen LogP contribution in [0.15, 0.2) is 70.3 Å². The van der Waals surface area contributed by atoms with Gasteiger partial charge in [0.1, 0.15) is 0 Å². The van der Waals surface area contributed by atoms with E-state index in [1.807, 2.05) is 60.7 Å². The summed E-state index contributed by atoms with van der Waals surface area (Å²) in [5.41, 5.74) is 0.881. The van der Waals surface area contributed by atoms with E-state index in [0.717, 1.165) is 11.1 Å². The summed E-state index contributed by atoms with van der Waals surface area (Å²) >= 11 is 0. The van der Waals surface area contributed by atoms with Gasteiger partial charge in [-0.15, -0.1) is 0 Å². The summed E-state index contributed by atoms with van der Waals surface area (Å²) < 4.78 is 0. The van der Waals surface area contributed by atoms with Crippen molar-refractivity contribution in [2.24, 2.45) is 0 Å². The molecule has 2 nitrogen and oxygen atoms in total. The van der Waals surface area contributed by atoms with Crippen molar-refractivity contribution in [3.8, 4) is 23.7 Å². The molecule has 0 aliphatic rings. The molecule has 0 bridgehead atoms. The van der Waals surface area contributed by atoms with E-state index in [-0.39, 0.29) is 11.1 Å². The van der Waals surface area contributed by atoms with E-state index in [4.69, 9.17) is 0 Å². The third kappa shape index (κ3) is 2.73. The van der Waals surface area contributed by atoms with E-state index >= 15 is 0 Å². The van der Waals surface area contributed by atoms with Crippen molar-refractivity contribution in [3.63, 3.8) is 0 Å². The lowest BCUT2D eigenvalue weighted by Gasteiger charge is -1.97. The molecule has 22 heavy (non-hydrogen) atoms. The summed E-state index contributed by atoms with van der Waals surface area (Å²) in [6, 6.07) is 18.6. The molecule has 0 fully saturated rings. The largest absolute Gasteiger partial charge is 0.284 e. The van der Waals surface area contributed by atoms with Crippen LogP contribution < -0.4 is 10.9 Å². The Balaban J connectivity index is 1.95. The molecule has 3 rings (SSSR count). The SMILES string of the molecule is O=c1c(C#Cc2ccccc2)c(C#Cc2ccccc2)c1=O. The van der Waals surface area contributed by atoms with Gasteiger partial charge < -0.3 is 0 Å². The molecule has 0 spiro atoms. The van der Waals surface area contributed by atoms with E-state index < -0.39 is 10.9 Å². The van der Waals surface area contributed by atoms with Crippen LogP contribution in [0.4, 0.5) is 0 Å². The second-order valence-electron chi connectivity index (χ2n) is 4.64. The summed E-state index contributed by atoms with van der Waals surface area (Å²) in [7, 11) is 0. The molecule has 0 heterocycles. The van der Waals surface area contributed by atoms with E-state index in [0.29, 0.717) is 0 Å². The van der Waals surface area contributed by atoms with E-state index in [1.54, 1.807) is 0 Å². The lowest BCUT2D eigenvalue weighted by Crippen LogP contribution is -2.37. The predicted octanol–water partition coefficient (Wildman–Crippen LogP) is 2.08. The summed E-state index contributed by atoms with van der Waals surface area (Å²) in [4.78, 5) is 23.3. The first kappa shape index (κ1) is 13.6. The highest BCUT2D eigenvalue weighted by molar-refractivity contribution is 5.57. The summed E-state index contributed by atoms with van der Waals surface area (Å²) in [5, 5.41) is 0. The van der Waals surface area contributed by atoms with Crippen molar-refractivity contribution >= 4 is 0 Å². The van der Waals surface area contributed by atoms with Crippen LogP contribution in [-0.4, -0.2) is 0 Å². The van der Waals surface area contributed by atoms with Gasteiger partial charge in [-0.3, -0.25) is 9.59 Å². The fourth-order valence-corrected chi connectivity index (χ4v) is 1.94. The van der Waals surface area contributed by atoms with Crippen molar-refractivity contribution in [1.82, 2.24) is 0 Å². The van der Waals surface area contributed by atoms with Crippen molar-refractivity contribution in [2.75, 3.05) is 0 Å². The predicted molar refractivity (Wildman–Crippen MR) is 86.2 cm³/mol. The van der Waals surface area contributed by atoms with Crippen LogP contribution in [0, 0.1) is 23.7 Å². The molecule has 102 valence electrons. The monoisotopic (exact) mass is 282 g/mol. The molecule has 0 N–H and O–H groups in total. The minimum absolute atomic E-state index is 0.206. The first-order valence-electron chi connectivity index (χ1n) is 6.73. The van der Waals surface area contributed by atoms with E-state index in [2.05, 4.69) is 23.7 Å². The van der Waals surface area contributed by atoms with Gasteiger partial charge >= 0.3 is 0 Å². The van der Waals surface area contributed by atoms with Crippen LogP contribution in [-0.2, 0) is 0 Å². The van der Waals surface area contributed by atoms with Gasteiger partial charge in [0.2, 0.25) is 10.9 Å². The smallest absolute Gasteiger partial charge is 0.244 e. The van der Waals surface area contributed by atoms with E-state index in [9.17, 15) is 9.59 Å². The molecule has 0 saturated carbocycles. The minimum Gasteiger partial charge on any atom is -0.284 e. The number of benzene rings is 2. The normalized spacial score (nSPS) is 9.45. The average molecular weight is 282 g/mol. The first-order chi connectivity index (χ1) is 10.8. The Labute approximate surface area is 127 Å².